The second-order valence-electron chi connectivity index (χ2n) is 6.38. The molecule has 3 aromatic carbocycles. The van der Waals surface area contributed by atoms with Gasteiger partial charge in [-0.25, -0.2) is 4.79 Å². The fourth-order valence-electron chi connectivity index (χ4n) is 2.90. The summed E-state index contributed by atoms with van der Waals surface area (Å²) < 4.78 is 10.1. The molecule has 0 radical (unpaired) electrons. The number of nitrogens with one attached hydrogen (secondary N) is 1. The number of imide groups is 1. The maximum Gasteiger partial charge on any atom is 0.339 e. The van der Waals surface area contributed by atoms with Crippen LogP contribution in [0, 0.1) is 11.3 Å². The Kier molecular flexibility index (Phi) is 6.76. The van der Waals surface area contributed by atoms with Gasteiger partial charge in [-0.05, 0) is 42.0 Å². The molecule has 1 N–H and O–H groups in total. The Bertz CT molecular complexity index is 1160. The van der Waals surface area contributed by atoms with Gasteiger partial charge in [0.2, 0.25) is 0 Å². The van der Waals surface area contributed by atoms with Crippen LogP contribution in [0.5, 0.6) is 5.75 Å². The third-order valence-corrected chi connectivity index (χ3v) is 4.42. The predicted octanol–water partition coefficient (Wildman–Crippen LogP) is 3.35. The molecule has 0 heterocycles. The van der Waals surface area contributed by atoms with Crippen LogP contribution in [-0.4, -0.2) is 31.5 Å². The molecule has 0 spiro atoms. The molecule has 154 valence electrons. The highest BCUT2D eigenvalue weighted by atomic mass is 16.5. The van der Waals surface area contributed by atoms with Gasteiger partial charge in [0.05, 0.1) is 24.3 Å². The van der Waals surface area contributed by atoms with Crippen LogP contribution in [0.15, 0.2) is 72.8 Å². The van der Waals surface area contributed by atoms with Crippen LogP contribution in [0.2, 0.25) is 0 Å². The summed E-state index contributed by atoms with van der Waals surface area (Å²) >= 11 is 0. The zero-order chi connectivity index (χ0) is 22.2. The molecule has 0 aliphatic heterocycles. The van der Waals surface area contributed by atoms with Crippen LogP contribution >= 0.6 is 0 Å². The summed E-state index contributed by atoms with van der Waals surface area (Å²) in [5, 5.41) is 11.5. The van der Waals surface area contributed by atoms with Crippen molar-refractivity contribution in [1.82, 2.24) is 5.32 Å². The van der Waals surface area contributed by atoms with Crippen molar-refractivity contribution >= 4 is 17.8 Å². The number of carbonyl (C=O) groups is 3. The lowest BCUT2D eigenvalue weighted by Crippen LogP contribution is -2.34. The van der Waals surface area contributed by atoms with Crippen LogP contribution in [0.25, 0.3) is 11.1 Å². The average molecular weight is 414 g/mol. The number of ether oxygens (including phenoxy) is 2. The van der Waals surface area contributed by atoms with E-state index in [1.165, 1.54) is 19.2 Å². The minimum atomic E-state index is -0.760. The van der Waals surface area contributed by atoms with Crippen molar-refractivity contribution < 1.29 is 23.9 Å². The molecule has 0 fully saturated rings. The van der Waals surface area contributed by atoms with Crippen LogP contribution in [0.1, 0.15) is 26.3 Å². The molecule has 0 saturated carbocycles. The Hall–Kier alpha value is -4.44. The first kappa shape index (κ1) is 21.3. The molecule has 0 aromatic heterocycles. The molecule has 0 bridgehead atoms. The number of methoxy groups -OCH3 is 1. The fourth-order valence-corrected chi connectivity index (χ4v) is 2.90. The first-order chi connectivity index (χ1) is 15.0. The Balaban J connectivity index is 1.66. The van der Waals surface area contributed by atoms with Gasteiger partial charge in [0.1, 0.15) is 5.75 Å². The average Bonchev–Trinajstić information content (AvgIpc) is 2.82. The summed E-state index contributed by atoms with van der Waals surface area (Å²) in [5.74, 6) is -1.54. The number of hydrogen-bond donors (Lipinski definition) is 1. The lowest BCUT2D eigenvalue weighted by molar-refractivity contribution is -0.123. The van der Waals surface area contributed by atoms with Crippen LogP contribution < -0.4 is 10.1 Å². The Morgan fingerprint density at radius 3 is 2.23 bits per heavy atom. The number of rotatable bonds is 6. The second kappa shape index (κ2) is 9.85. The maximum absolute atomic E-state index is 12.6. The van der Waals surface area contributed by atoms with E-state index in [4.69, 9.17) is 9.47 Å². The van der Waals surface area contributed by atoms with Gasteiger partial charge in [0, 0.05) is 11.1 Å². The van der Waals surface area contributed by atoms with E-state index in [9.17, 15) is 19.6 Å². The number of benzene rings is 3. The van der Waals surface area contributed by atoms with Crippen molar-refractivity contribution in [2.75, 3.05) is 13.7 Å². The number of amides is 2. The van der Waals surface area contributed by atoms with Crippen molar-refractivity contribution in [2.24, 2.45) is 0 Å². The molecule has 0 unspecified atom stereocenters. The molecule has 3 aromatic rings. The predicted molar refractivity (Wildman–Crippen MR) is 112 cm³/mol. The Morgan fingerprint density at radius 2 is 1.55 bits per heavy atom. The van der Waals surface area contributed by atoms with Crippen LogP contribution in [0.3, 0.4) is 0 Å². The highest BCUT2D eigenvalue weighted by Crippen LogP contribution is 2.27. The van der Waals surface area contributed by atoms with Gasteiger partial charge < -0.3 is 9.47 Å². The first-order valence-corrected chi connectivity index (χ1v) is 9.27. The number of nitriles is 1. The number of esters is 1. The maximum atomic E-state index is 12.6. The van der Waals surface area contributed by atoms with Crippen molar-refractivity contribution in [3.63, 3.8) is 0 Å². The molecule has 7 nitrogen and oxygen atoms in total. The summed E-state index contributed by atoms with van der Waals surface area (Å²) in [6, 6.07) is 21.8. The molecule has 31 heavy (non-hydrogen) atoms. The van der Waals surface area contributed by atoms with Gasteiger partial charge in [0.25, 0.3) is 11.8 Å². The first-order valence-electron chi connectivity index (χ1n) is 9.27. The monoisotopic (exact) mass is 414 g/mol. The van der Waals surface area contributed by atoms with Gasteiger partial charge in [-0.15, -0.1) is 0 Å². The fraction of sp³-hybridized carbons (Fsp3) is 0.0833. The Labute approximate surface area is 178 Å². The van der Waals surface area contributed by atoms with E-state index in [2.05, 4.69) is 11.4 Å². The van der Waals surface area contributed by atoms with E-state index in [1.54, 1.807) is 60.7 Å². The lowest BCUT2D eigenvalue weighted by Gasteiger charge is -2.11. The highest BCUT2D eigenvalue weighted by molar-refractivity contribution is 6.06. The lowest BCUT2D eigenvalue weighted by atomic mass is 9.96. The highest BCUT2D eigenvalue weighted by Gasteiger charge is 2.18. The molecule has 2 amide bonds. The van der Waals surface area contributed by atoms with Crippen molar-refractivity contribution in [3.8, 4) is 22.9 Å². The van der Waals surface area contributed by atoms with E-state index in [0.717, 1.165) is 0 Å². The zero-order valence-electron chi connectivity index (χ0n) is 16.6. The number of hydrogen-bond acceptors (Lipinski definition) is 6. The molecule has 0 aliphatic carbocycles. The van der Waals surface area contributed by atoms with Crippen molar-refractivity contribution in [2.45, 2.75) is 0 Å². The summed E-state index contributed by atoms with van der Waals surface area (Å²) in [4.78, 5) is 36.8. The van der Waals surface area contributed by atoms with Crippen molar-refractivity contribution in [3.05, 3.63) is 89.5 Å². The third kappa shape index (κ3) is 5.14. The van der Waals surface area contributed by atoms with Gasteiger partial charge >= 0.3 is 5.97 Å². The minimum Gasteiger partial charge on any atom is -0.497 e. The Morgan fingerprint density at radius 1 is 0.903 bits per heavy atom. The van der Waals surface area contributed by atoms with E-state index in [1.807, 2.05) is 0 Å². The molecule has 0 atom stereocenters. The molecular weight excluding hydrogens is 396 g/mol. The summed E-state index contributed by atoms with van der Waals surface area (Å²) in [6.07, 6.45) is 0. The largest absolute Gasteiger partial charge is 0.497 e. The molecule has 0 saturated heterocycles. The summed E-state index contributed by atoms with van der Waals surface area (Å²) in [7, 11) is 1.50. The number of carbonyl (C=O) groups excluding carboxylic acids is 3. The van der Waals surface area contributed by atoms with Crippen molar-refractivity contribution in [1.29, 1.82) is 5.26 Å². The second-order valence-corrected chi connectivity index (χ2v) is 6.38. The third-order valence-electron chi connectivity index (χ3n) is 4.42. The van der Waals surface area contributed by atoms with Crippen LogP contribution in [0.4, 0.5) is 0 Å². The molecular formula is C24H18N2O5. The molecule has 7 heteroatoms. The molecule has 0 aliphatic rings. The SMILES string of the molecule is COc1ccc(C(=O)NC(=O)COC(=O)c2ccccc2-c2ccccc2C#N)cc1. The molecule has 3 rings (SSSR count). The smallest absolute Gasteiger partial charge is 0.339 e. The minimum absolute atomic E-state index is 0.208. The van der Waals surface area contributed by atoms with E-state index >= 15 is 0 Å². The van der Waals surface area contributed by atoms with Gasteiger partial charge in [-0.2, -0.15) is 5.26 Å². The normalized spacial score (nSPS) is 9.94. The van der Waals surface area contributed by atoms with E-state index in [-0.39, 0.29) is 11.1 Å². The topological polar surface area (TPSA) is 105 Å². The quantitative estimate of drug-likeness (QED) is 0.620. The van der Waals surface area contributed by atoms with Gasteiger partial charge in [-0.3, -0.25) is 14.9 Å². The summed E-state index contributed by atoms with van der Waals surface area (Å²) in [5.41, 5.74) is 1.97. The zero-order valence-corrected chi connectivity index (χ0v) is 16.6. The van der Waals surface area contributed by atoms with E-state index in [0.29, 0.717) is 22.4 Å². The number of nitrogens with zero attached hydrogens (tertiary/aromatic N) is 1. The van der Waals surface area contributed by atoms with E-state index < -0.39 is 24.4 Å². The standard InChI is InChI=1S/C24H18N2O5/c1-30-18-12-10-16(11-13-18)23(28)26-22(27)15-31-24(29)21-9-5-4-8-20(21)19-7-3-2-6-17(19)14-25/h2-13H,15H2,1H3,(H,26,27,28). The van der Waals surface area contributed by atoms with Gasteiger partial charge in [0.15, 0.2) is 6.61 Å². The van der Waals surface area contributed by atoms with Gasteiger partial charge in [-0.1, -0.05) is 36.4 Å². The summed E-state index contributed by atoms with van der Waals surface area (Å²) in [6.45, 7) is -0.630. The van der Waals surface area contributed by atoms with Crippen LogP contribution in [-0.2, 0) is 9.53 Å².